The summed E-state index contributed by atoms with van der Waals surface area (Å²) in [6.07, 6.45) is 0. The molecule has 0 aromatic carbocycles. The SMILES string of the molecule is Cc1ccc(CNS(=O)(=O)C(C)C#N)o1. The van der Waals surface area contributed by atoms with E-state index >= 15 is 0 Å². The number of nitrogens with one attached hydrogen (secondary N) is 1. The Morgan fingerprint density at radius 1 is 1.60 bits per heavy atom. The Kier molecular flexibility index (Phi) is 3.50. The fourth-order valence-electron chi connectivity index (χ4n) is 0.946. The van der Waals surface area contributed by atoms with Gasteiger partial charge in [-0.15, -0.1) is 0 Å². The summed E-state index contributed by atoms with van der Waals surface area (Å²) in [5, 5.41) is 7.42. The molecule has 1 atom stereocenters. The summed E-state index contributed by atoms with van der Waals surface area (Å²) in [6, 6.07) is 5.10. The number of nitriles is 1. The summed E-state index contributed by atoms with van der Waals surface area (Å²) in [7, 11) is -3.57. The molecule has 0 fully saturated rings. The van der Waals surface area contributed by atoms with Crippen LogP contribution >= 0.6 is 0 Å². The normalized spacial score (nSPS) is 13.4. The zero-order valence-corrected chi connectivity index (χ0v) is 9.34. The van der Waals surface area contributed by atoms with E-state index in [1.807, 2.05) is 0 Å². The van der Waals surface area contributed by atoms with E-state index in [1.54, 1.807) is 25.1 Å². The zero-order chi connectivity index (χ0) is 11.5. The predicted molar refractivity (Wildman–Crippen MR) is 54.3 cm³/mol. The molecule has 1 N–H and O–H groups in total. The molecule has 0 radical (unpaired) electrons. The van der Waals surface area contributed by atoms with Crippen molar-refractivity contribution in [2.75, 3.05) is 0 Å². The lowest BCUT2D eigenvalue weighted by atomic mass is 10.4. The van der Waals surface area contributed by atoms with E-state index in [4.69, 9.17) is 9.68 Å². The number of rotatable bonds is 4. The molecule has 15 heavy (non-hydrogen) atoms. The second-order valence-corrected chi connectivity index (χ2v) is 5.24. The summed E-state index contributed by atoms with van der Waals surface area (Å²) in [4.78, 5) is 0. The lowest BCUT2D eigenvalue weighted by Gasteiger charge is -2.05. The first-order valence-electron chi connectivity index (χ1n) is 4.39. The van der Waals surface area contributed by atoms with E-state index in [0.29, 0.717) is 5.76 Å². The van der Waals surface area contributed by atoms with Crippen LogP contribution in [0.1, 0.15) is 18.4 Å². The first kappa shape index (κ1) is 11.8. The lowest BCUT2D eigenvalue weighted by Crippen LogP contribution is -2.31. The van der Waals surface area contributed by atoms with Crippen LogP contribution in [0.2, 0.25) is 0 Å². The van der Waals surface area contributed by atoms with Crippen molar-refractivity contribution in [1.82, 2.24) is 4.72 Å². The van der Waals surface area contributed by atoms with Gasteiger partial charge in [0, 0.05) is 0 Å². The van der Waals surface area contributed by atoms with Gasteiger partial charge in [0.05, 0.1) is 12.6 Å². The Bertz CT molecular complexity index is 470. The van der Waals surface area contributed by atoms with Crippen LogP contribution in [-0.4, -0.2) is 13.7 Å². The third-order valence-corrected chi connectivity index (χ3v) is 3.47. The third-order valence-electron chi connectivity index (χ3n) is 1.89. The summed E-state index contributed by atoms with van der Waals surface area (Å²) in [5.41, 5.74) is 0. The number of nitrogens with zero attached hydrogens (tertiary/aromatic N) is 1. The van der Waals surface area contributed by atoms with Crippen LogP contribution < -0.4 is 4.72 Å². The molecule has 1 unspecified atom stereocenters. The molecule has 0 saturated heterocycles. The molecule has 0 aliphatic rings. The van der Waals surface area contributed by atoms with Crippen LogP contribution in [0.5, 0.6) is 0 Å². The molecule has 0 aliphatic carbocycles. The molecule has 0 bridgehead atoms. The van der Waals surface area contributed by atoms with Crippen molar-refractivity contribution in [3.05, 3.63) is 23.7 Å². The number of sulfonamides is 1. The Labute approximate surface area is 88.8 Å². The molecule has 5 nitrogen and oxygen atoms in total. The maximum absolute atomic E-state index is 11.4. The maximum atomic E-state index is 11.4. The standard InChI is InChI=1S/C9H12N2O3S/c1-7-3-4-9(14-7)6-11-15(12,13)8(2)5-10/h3-4,8,11H,6H2,1-2H3. The summed E-state index contributed by atoms with van der Waals surface area (Å²) in [5.74, 6) is 1.25. The predicted octanol–water partition coefficient (Wildman–Crippen LogP) is 0.919. The van der Waals surface area contributed by atoms with E-state index in [0.717, 1.165) is 5.76 Å². The van der Waals surface area contributed by atoms with Crippen molar-refractivity contribution in [1.29, 1.82) is 5.26 Å². The monoisotopic (exact) mass is 228 g/mol. The molecule has 1 aromatic rings. The fourth-order valence-corrected chi connectivity index (χ4v) is 1.68. The molecule has 0 spiro atoms. The van der Waals surface area contributed by atoms with Crippen LogP contribution in [0, 0.1) is 18.3 Å². The Morgan fingerprint density at radius 3 is 2.73 bits per heavy atom. The van der Waals surface area contributed by atoms with Gasteiger partial charge < -0.3 is 4.42 Å². The fraction of sp³-hybridized carbons (Fsp3) is 0.444. The summed E-state index contributed by atoms with van der Waals surface area (Å²) >= 11 is 0. The lowest BCUT2D eigenvalue weighted by molar-refractivity contribution is 0.475. The van der Waals surface area contributed by atoms with Gasteiger partial charge >= 0.3 is 0 Å². The molecule has 1 rings (SSSR count). The van der Waals surface area contributed by atoms with Crippen molar-refractivity contribution < 1.29 is 12.8 Å². The average Bonchev–Trinajstić information content (AvgIpc) is 2.60. The highest BCUT2D eigenvalue weighted by Gasteiger charge is 2.19. The topological polar surface area (TPSA) is 83.1 Å². The van der Waals surface area contributed by atoms with Gasteiger partial charge in [0.25, 0.3) is 0 Å². The van der Waals surface area contributed by atoms with Gasteiger partial charge in [-0.05, 0) is 26.0 Å². The van der Waals surface area contributed by atoms with Crippen LogP contribution in [0.15, 0.2) is 16.5 Å². The molecule has 0 saturated carbocycles. The van der Waals surface area contributed by atoms with Gasteiger partial charge in [0.1, 0.15) is 11.5 Å². The van der Waals surface area contributed by atoms with Gasteiger partial charge in [-0.25, -0.2) is 13.1 Å². The third kappa shape index (κ3) is 3.08. The summed E-state index contributed by atoms with van der Waals surface area (Å²) in [6.45, 7) is 3.17. The van der Waals surface area contributed by atoms with Crippen molar-refractivity contribution in [3.63, 3.8) is 0 Å². The van der Waals surface area contributed by atoms with Gasteiger partial charge in [-0.1, -0.05) is 0 Å². The van der Waals surface area contributed by atoms with Crippen molar-refractivity contribution in [2.24, 2.45) is 0 Å². The maximum Gasteiger partial charge on any atom is 0.228 e. The van der Waals surface area contributed by atoms with Crippen molar-refractivity contribution in [2.45, 2.75) is 25.6 Å². The molecule has 82 valence electrons. The number of furan rings is 1. The van der Waals surface area contributed by atoms with Gasteiger partial charge in [0.2, 0.25) is 10.0 Å². The molecule has 0 aliphatic heterocycles. The highest BCUT2D eigenvalue weighted by molar-refractivity contribution is 7.90. The van der Waals surface area contributed by atoms with Crippen LogP contribution in [-0.2, 0) is 16.6 Å². The Hall–Kier alpha value is -1.32. The van der Waals surface area contributed by atoms with E-state index < -0.39 is 15.3 Å². The Morgan fingerprint density at radius 2 is 2.27 bits per heavy atom. The van der Waals surface area contributed by atoms with Crippen LogP contribution in [0.3, 0.4) is 0 Å². The van der Waals surface area contributed by atoms with E-state index in [2.05, 4.69) is 4.72 Å². The highest BCUT2D eigenvalue weighted by Crippen LogP contribution is 2.07. The van der Waals surface area contributed by atoms with Gasteiger partial charge in [-0.2, -0.15) is 5.26 Å². The van der Waals surface area contributed by atoms with Crippen molar-refractivity contribution in [3.8, 4) is 6.07 Å². The second-order valence-electron chi connectivity index (χ2n) is 3.15. The number of aryl methyl sites for hydroxylation is 1. The minimum atomic E-state index is -3.57. The molecular weight excluding hydrogens is 216 g/mol. The molecular formula is C9H12N2O3S. The summed E-state index contributed by atoms with van der Waals surface area (Å²) < 4.78 is 30.2. The van der Waals surface area contributed by atoms with E-state index in [-0.39, 0.29) is 6.54 Å². The van der Waals surface area contributed by atoms with Crippen LogP contribution in [0.4, 0.5) is 0 Å². The minimum absolute atomic E-state index is 0.0716. The van der Waals surface area contributed by atoms with Gasteiger partial charge in [0.15, 0.2) is 5.25 Å². The average molecular weight is 228 g/mol. The Balaban J connectivity index is 2.62. The molecule has 0 amide bonds. The van der Waals surface area contributed by atoms with E-state index in [9.17, 15) is 8.42 Å². The highest BCUT2D eigenvalue weighted by atomic mass is 32.2. The van der Waals surface area contributed by atoms with Crippen LogP contribution in [0.25, 0.3) is 0 Å². The van der Waals surface area contributed by atoms with Crippen molar-refractivity contribution >= 4 is 10.0 Å². The number of hydrogen-bond donors (Lipinski definition) is 1. The molecule has 6 heteroatoms. The quantitative estimate of drug-likeness (QED) is 0.830. The minimum Gasteiger partial charge on any atom is -0.465 e. The van der Waals surface area contributed by atoms with Gasteiger partial charge in [-0.3, -0.25) is 0 Å². The largest absolute Gasteiger partial charge is 0.465 e. The zero-order valence-electron chi connectivity index (χ0n) is 8.52. The first-order valence-corrected chi connectivity index (χ1v) is 5.94. The first-order chi connectivity index (χ1) is 6.95. The molecule has 1 heterocycles. The number of hydrogen-bond acceptors (Lipinski definition) is 4. The molecule has 1 aromatic heterocycles. The smallest absolute Gasteiger partial charge is 0.228 e. The van der Waals surface area contributed by atoms with E-state index in [1.165, 1.54) is 6.92 Å². The second kappa shape index (κ2) is 4.47.